The molecule has 0 spiro atoms. The molecule has 1 aromatic heterocycles. The average molecular weight is 331 g/mol. The van der Waals surface area contributed by atoms with E-state index in [1.165, 1.54) is 5.56 Å². The zero-order valence-corrected chi connectivity index (χ0v) is 14.0. The third kappa shape index (κ3) is 2.90. The highest BCUT2D eigenvalue weighted by atomic mass is 35.5. The molecule has 3 rings (SSSR count). The Balaban J connectivity index is 2.11. The first-order valence-corrected chi connectivity index (χ1v) is 7.88. The lowest BCUT2D eigenvalue weighted by Gasteiger charge is -2.07. The van der Waals surface area contributed by atoms with Crippen LogP contribution >= 0.6 is 23.2 Å². The first-order chi connectivity index (χ1) is 10.6. The molecule has 0 amide bonds. The predicted octanol–water partition coefficient (Wildman–Crippen LogP) is 5.73. The molecule has 0 atom stereocenters. The van der Waals surface area contributed by atoms with Crippen LogP contribution in [0.5, 0.6) is 0 Å². The molecule has 112 valence electrons. The second-order valence-electron chi connectivity index (χ2n) is 5.30. The Morgan fingerprint density at radius 2 is 1.95 bits per heavy atom. The van der Waals surface area contributed by atoms with Gasteiger partial charge >= 0.3 is 0 Å². The van der Waals surface area contributed by atoms with Crippen LogP contribution in [-0.2, 0) is 6.54 Å². The second kappa shape index (κ2) is 6.15. The van der Waals surface area contributed by atoms with E-state index in [9.17, 15) is 0 Å². The fourth-order valence-corrected chi connectivity index (χ4v) is 2.99. The number of aryl methyl sites for hydroxylation is 1. The first kappa shape index (κ1) is 15.1. The Morgan fingerprint density at radius 3 is 2.68 bits per heavy atom. The van der Waals surface area contributed by atoms with Gasteiger partial charge in [-0.1, -0.05) is 47.5 Å². The predicted molar refractivity (Wildman–Crippen MR) is 94.7 cm³/mol. The van der Waals surface area contributed by atoms with Crippen molar-refractivity contribution in [2.45, 2.75) is 20.4 Å². The molecule has 0 fully saturated rings. The topological polar surface area (TPSA) is 17.8 Å². The number of benzene rings is 2. The summed E-state index contributed by atoms with van der Waals surface area (Å²) in [6.07, 6.45) is 4.03. The van der Waals surface area contributed by atoms with Gasteiger partial charge in [0.05, 0.1) is 17.8 Å². The van der Waals surface area contributed by atoms with Crippen molar-refractivity contribution in [2.75, 3.05) is 0 Å². The summed E-state index contributed by atoms with van der Waals surface area (Å²) in [5.41, 5.74) is 4.30. The minimum atomic E-state index is 0.619. The molecule has 0 saturated heterocycles. The average Bonchev–Trinajstić information content (AvgIpc) is 2.80. The van der Waals surface area contributed by atoms with Gasteiger partial charge in [0.2, 0.25) is 0 Å². The molecule has 22 heavy (non-hydrogen) atoms. The fraction of sp³-hybridized carbons (Fsp3) is 0.167. The summed E-state index contributed by atoms with van der Waals surface area (Å²) in [6, 6.07) is 11.9. The Morgan fingerprint density at radius 1 is 1.14 bits per heavy atom. The van der Waals surface area contributed by atoms with Crippen molar-refractivity contribution in [3.8, 4) is 0 Å². The molecule has 0 saturated carbocycles. The molecule has 0 N–H and O–H groups in total. The maximum Gasteiger partial charge on any atom is 0.0926 e. The number of rotatable bonds is 3. The largest absolute Gasteiger partial charge is 0.260 e. The molecule has 2 aromatic carbocycles. The van der Waals surface area contributed by atoms with Crippen molar-refractivity contribution in [1.29, 1.82) is 0 Å². The Kier molecular flexibility index (Phi) is 4.23. The van der Waals surface area contributed by atoms with Crippen LogP contribution in [0.4, 0.5) is 0 Å². The third-order valence-electron chi connectivity index (χ3n) is 3.60. The molecule has 1 heterocycles. The molecule has 0 aliphatic heterocycles. The maximum absolute atomic E-state index is 6.29. The molecule has 0 unspecified atom stereocenters. The zero-order chi connectivity index (χ0) is 15.7. The number of nitrogens with zero attached hydrogens (tertiary/aromatic N) is 2. The van der Waals surface area contributed by atoms with Crippen molar-refractivity contribution in [1.82, 2.24) is 9.78 Å². The monoisotopic (exact) mass is 330 g/mol. The highest BCUT2D eigenvalue weighted by Crippen LogP contribution is 2.25. The molecule has 4 heteroatoms. The normalized spacial score (nSPS) is 11.6. The van der Waals surface area contributed by atoms with Gasteiger partial charge in [-0.15, -0.1) is 0 Å². The Labute approximate surface area is 140 Å². The van der Waals surface area contributed by atoms with E-state index in [1.807, 2.05) is 35.9 Å². The number of hydrogen-bond donors (Lipinski definition) is 0. The van der Waals surface area contributed by atoms with Gasteiger partial charge in [-0.25, -0.2) is 0 Å². The van der Waals surface area contributed by atoms with Crippen LogP contribution in [0.25, 0.3) is 17.0 Å². The standard InChI is InChI=1S/C18H16Cl2N2/c1-3-4-17-15-8-5-12(2)9-18(15)22(21-17)11-13-6-7-14(19)10-16(13)20/h3-10H,11H2,1-2H3/b4-3+. The lowest BCUT2D eigenvalue weighted by atomic mass is 10.1. The summed E-state index contributed by atoms with van der Waals surface area (Å²) < 4.78 is 1.99. The van der Waals surface area contributed by atoms with Crippen molar-refractivity contribution in [3.63, 3.8) is 0 Å². The zero-order valence-electron chi connectivity index (χ0n) is 12.5. The second-order valence-corrected chi connectivity index (χ2v) is 6.14. The van der Waals surface area contributed by atoms with Crippen LogP contribution in [0, 0.1) is 6.92 Å². The first-order valence-electron chi connectivity index (χ1n) is 7.12. The number of fused-ring (bicyclic) bond motifs is 1. The van der Waals surface area contributed by atoms with Gasteiger partial charge in [-0.3, -0.25) is 4.68 Å². The lowest BCUT2D eigenvalue weighted by molar-refractivity contribution is 0.709. The van der Waals surface area contributed by atoms with Gasteiger partial charge in [0.15, 0.2) is 0 Å². The van der Waals surface area contributed by atoms with Gasteiger partial charge in [-0.2, -0.15) is 5.10 Å². The lowest BCUT2D eigenvalue weighted by Crippen LogP contribution is -2.02. The van der Waals surface area contributed by atoms with Crippen molar-refractivity contribution >= 4 is 40.2 Å². The third-order valence-corrected chi connectivity index (χ3v) is 4.18. The minimum absolute atomic E-state index is 0.619. The SMILES string of the molecule is C/C=C/c1nn(Cc2ccc(Cl)cc2Cl)c2cc(C)ccc12. The van der Waals surface area contributed by atoms with Crippen LogP contribution < -0.4 is 0 Å². The smallest absolute Gasteiger partial charge is 0.0926 e. The highest BCUT2D eigenvalue weighted by Gasteiger charge is 2.10. The van der Waals surface area contributed by atoms with E-state index in [-0.39, 0.29) is 0 Å². The molecular formula is C18H16Cl2N2. The van der Waals surface area contributed by atoms with Crippen LogP contribution in [-0.4, -0.2) is 9.78 Å². The summed E-state index contributed by atoms with van der Waals surface area (Å²) in [6.45, 7) is 4.70. The van der Waals surface area contributed by atoms with Gasteiger partial charge in [-0.05, 0) is 49.2 Å². The molecule has 2 nitrogen and oxygen atoms in total. The van der Waals surface area contributed by atoms with E-state index in [1.54, 1.807) is 6.07 Å². The number of aromatic nitrogens is 2. The summed E-state index contributed by atoms with van der Waals surface area (Å²) in [5.74, 6) is 0. The van der Waals surface area contributed by atoms with E-state index in [0.29, 0.717) is 16.6 Å². The molecule has 0 bridgehead atoms. The minimum Gasteiger partial charge on any atom is -0.260 e. The molecular weight excluding hydrogens is 315 g/mol. The summed E-state index contributed by atoms with van der Waals surface area (Å²) in [7, 11) is 0. The van der Waals surface area contributed by atoms with E-state index >= 15 is 0 Å². The Hall–Kier alpha value is -1.77. The van der Waals surface area contributed by atoms with E-state index in [2.05, 4.69) is 25.1 Å². The number of allylic oxidation sites excluding steroid dienone is 1. The maximum atomic E-state index is 6.29. The number of halogens is 2. The van der Waals surface area contributed by atoms with Crippen LogP contribution in [0.15, 0.2) is 42.5 Å². The highest BCUT2D eigenvalue weighted by molar-refractivity contribution is 6.35. The van der Waals surface area contributed by atoms with E-state index < -0.39 is 0 Å². The van der Waals surface area contributed by atoms with Crippen molar-refractivity contribution in [3.05, 3.63) is 69.3 Å². The van der Waals surface area contributed by atoms with Crippen molar-refractivity contribution < 1.29 is 0 Å². The van der Waals surface area contributed by atoms with Gasteiger partial charge in [0, 0.05) is 15.4 Å². The van der Waals surface area contributed by atoms with E-state index in [4.69, 9.17) is 28.3 Å². The number of hydrogen-bond acceptors (Lipinski definition) is 1. The van der Waals surface area contributed by atoms with Gasteiger partial charge in [0.25, 0.3) is 0 Å². The summed E-state index contributed by atoms with van der Waals surface area (Å²) >= 11 is 12.3. The molecule has 0 aliphatic rings. The van der Waals surface area contributed by atoms with Crippen LogP contribution in [0.1, 0.15) is 23.7 Å². The summed E-state index contributed by atoms with van der Waals surface area (Å²) in [4.78, 5) is 0. The van der Waals surface area contributed by atoms with Gasteiger partial charge in [0.1, 0.15) is 0 Å². The van der Waals surface area contributed by atoms with Crippen LogP contribution in [0.2, 0.25) is 10.0 Å². The quantitative estimate of drug-likeness (QED) is 0.599. The molecule has 0 radical (unpaired) electrons. The van der Waals surface area contributed by atoms with Crippen LogP contribution in [0.3, 0.4) is 0 Å². The van der Waals surface area contributed by atoms with Gasteiger partial charge < -0.3 is 0 Å². The molecule has 0 aliphatic carbocycles. The molecule has 3 aromatic rings. The van der Waals surface area contributed by atoms with E-state index in [0.717, 1.165) is 22.2 Å². The summed E-state index contributed by atoms with van der Waals surface area (Å²) in [5, 5.41) is 7.17. The fourth-order valence-electron chi connectivity index (χ4n) is 2.52. The van der Waals surface area contributed by atoms with Crippen molar-refractivity contribution in [2.24, 2.45) is 0 Å². The Bertz CT molecular complexity index is 863.